The summed E-state index contributed by atoms with van der Waals surface area (Å²) in [7, 11) is 1.81. The highest BCUT2D eigenvalue weighted by molar-refractivity contribution is 7.99. The third kappa shape index (κ3) is 3.15. The Hall–Kier alpha value is -1.08. The number of aromatic nitrogens is 1. The highest BCUT2D eigenvalue weighted by Crippen LogP contribution is 2.32. The van der Waals surface area contributed by atoms with Gasteiger partial charge in [0.1, 0.15) is 6.04 Å². The van der Waals surface area contributed by atoms with E-state index in [1.54, 1.807) is 32.9 Å². The van der Waals surface area contributed by atoms with Crippen LogP contribution in [0.25, 0.3) is 0 Å². The Balaban J connectivity index is 1.63. The van der Waals surface area contributed by atoms with Crippen molar-refractivity contribution in [2.45, 2.75) is 38.8 Å². The first-order valence-corrected chi connectivity index (χ1v) is 9.58. The van der Waals surface area contributed by atoms with Gasteiger partial charge in [0.2, 0.25) is 11.8 Å². The molecule has 0 bridgehead atoms. The summed E-state index contributed by atoms with van der Waals surface area (Å²) in [6.45, 7) is 2.53. The summed E-state index contributed by atoms with van der Waals surface area (Å²) < 4.78 is 0. The minimum Gasteiger partial charge on any atom is -0.339 e. The number of nitrogens with zero attached hydrogens (tertiary/aromatic N) is 3. The zero-order valence-electron chi connectivity index (χ0n) is 12.9. The molecule has 5 nitrogen and oxygen atoms in total. The Labute approximate surface area is 139 Å². The van der Waals surface area contributed by atoms with Crippen molar-refractivity contribution in [3.63, 3.8) is 0 Å². The van der Waals surface area contributed by atoms with Crippen LogP contribution in [-0.2, 0) is 16.1 Å². The van der Waals surface area contributed by atoms with Crippen LogP contribution in [0.1, 0.15) is 29.1 Å². The van der Waals surface area contributed by atoms with Gasteiger partial charge in [-0.15, -0.1) is 23.1 Å². The van der Waals surface area contributed by atoms with Crippen molar-refractivity contribution >= 4 is 34.9 Å². The van der Waals surface area contributed by atoms with Gasteiger partial charge in [0.15, 0.2) is 0 Å². The Kier molecular flexibility index (Phi) is 4.73. The van der Waals surface area contributed by atoms with E-state index in [4.69, 9.17) is 0 Å². The number of carbonyl (C=O) groups excluding carboxylic acids is 2. The normalized spacial score (nSPS) is 21.7. The summed E-state index contributed by atoms with van der Waals surface area (Å²) >= 11 is 3.28. The van der Waals surface area contributed by atoms with Crippen LogP contribution in [0.2, 0.25) is 0 Å². The first-order chi connectivity index (χ1) is 10.6. The zero-order valence-corrected chi connectivity index (χ0v) is 14.6. The fourth-order valence-electron chi connectivity index (χ4n) is 2.80. The van der Waals surface area contributed by atoms with Gasteiger partial charge >= 0.3 is 0 Å². The number of amides is 2. The second-order valence-electron chi connectivity index (χ2n) is 5.99. The summed E-state index contributed by atoms with van der Waals surface area (Å²) in [4.78, 5) is 34.0. The Bertz CT molecular complexity index is 571. The lowest BCUT2D eigenvalue weighted by atomic mass is 9.84. The molecule has 2 aliphatic rings. The third-order valence-corrected chi connectivity index (χ3v) is 6.25. The maximum absolute atomic E-state index is 12.7. The van der Waals surface area contributed by atoms with E-state index in [9.17, 15) is 9.59 Å². The van der Waals surface area contributed by atoms with E-state index >= 15 is 0 Å². The predicted octanol–water partition coefficient (Wildman–Crippen LogP) is 2.11. The first kappa shape index (κ1) is 15.8. The molecule has 2 heterocycles. The smallest absolute Gasteiger partial charge is 0.246 e. The van der Waals surface area contributed by atoms with Gasteiger partial charge in [0.05, 0.1) is 17.4 Å². The van der Waals surface area contributed by atoms with Crippen LogP contribution >= 0.6 is 23.1 Å². The molecule has 1 aromatic heterocycles. The number of thioether (sulfide) groups is 1. The van der Waals surface area contributed by atoms with Gasteiger partial charge in [-0.3, -0.25) is 9.59 Å². The van der Waals surface area contributed by atoms with Crippen LogP contribution in [-0.4, -0.2) is 51.3 Å². The van der Waals surface area contributed by atoms with Crippen molar-refractivity contribution in [3.8, 4) is 0 Å². The molecule has 3 rings (SSSR count). The van der Waals surface area contributed by atoms with E-state index in [1.807, 2.05) is 20.2 Å². The number of carbonyl (C=O) groups is 2. The van der Waals surface area contributed by atoms with E-state index in [2.05, 4.69) is 4.98 Å². The van der Waals surface area contributed by atoms with Gasteiger partial charge in [-0.2, -0.15) is 0 Å². The Morgan fingerprint density at radius 2 is 2.23 bits per heavy atom. The lowest BCUT2D eigenvalue weighted by Gasteiger charge is -2.33. The molecule has 2 amide bonds. The maximum atomic E-state index is 12.7. The van der Waals surface area contributed by atoms with Gasteiger partial charge in [-0.1, -0.05) is 6.42 Å². The molecule has 22 heavy (non-hydrogen) atoms. The number of thiazole rings is 1. The molecule has 120 valence electrons. The minimum absolute atomic E-state index is 0.0451. The minimum atomic E-state index is -0.294. The molecule has 0 N–H and O–H groups in total. The van der Waals surface area contributed by atoms with Crippen molar-refractivity contribution in [2.24, 2.45) is 5.92 Å². The van der Waals surface area contributed by atoms with Crippen molar-refractivity contribution in [1.82, 2.24) is 14.8 Å². The Morgan fingerprint density at radius 1 is 1.45 bits per heavy atom. The predicted molar refractivity (Wildman–Crippen MR) is 88.6 cm³/mol. The fraction of sp³-hybridized carbons (Fsp3) is 0.667. The van der Waals surface area contributed by atoms with Crippen LogP contribution < -0.4 is 0 Å². The summed E-state index contributed by atoms with van der Waals surface area (Å²) in [6.07, 6.45) is 4.93. The molecule has 0 spiro atoms. The largest absolute Gasteiger partial charge is 0.339 e. The average Bonchev–Trinajstić information content (AvgIpc) is 3.04. The van der Waals surface area contributed by atoms with E-state index in [-0.39, 0.29) is 23.8 Å². The Morgan fingerprint density at radius 3 is 2.82 bits per heavy atom. The zero-order chi connectivity index (χ0) is 15.7. The molecule has 1 aromatic rings. The molecular weight excluding hydrogens is 318 g/mol. The average molecular weight is 339 g/mol. The quantitative estimate of drug-likeness (QED) is 0.843. The highest BCUT2D eigenvalue weighted by Gasteiger charge is 2.40. The topological polar surface area (TPSA) is 53.5 Å². The number of hydrogen-bond acceptors (Lipinski definition) is 5. The molecule has 0 aromatic carbocycles. The second kappa shape index (κ2) is 6.58. The maximum Gasteiger partial charge on any atom is 0.246 e. The summed E-state index contributed by atoms with van der Waals surface area (Å²) in [5.74, 6) is 1.74. The number of likely N-dealkylation sites (N-methyl/N-ethyl adjacent to an activating group) is 1. The molecule has 1 aliphatic heterocycles. The highest BCUT2D eigenvalue weighted by atomic mass is 32.2. The van der Waals surface area contributed by atoms with E-state index in [0.717, 1.165) is 29.1 Å². The van der Waals surface area contributed by atoms with Crippen LogP contribution in [0.3, 0.4) is 0 Å². The van der Waals surface area contributed by atoms with Crippen LogP contribution in [0.4, 0.5) is 0 Å². The summed E-state index contributed by atoms with van der Waals surface area (Å²) in [6, 6.07) is -0.294. The van der Waals surface area contributed by atoms with E-state index in [1.165, 1.54) is 0 Å². The summed E-state index contributed by atoms with van der Waals surface area (Å²) in [5.41, 5.74) is 0. The molecule has 0 radical (unpaired) electrons. The lowest BCUT2D eigenvalue weighted by molar-refractivity contribution is -0.146. The van der Waals surface area contributed by atoms with Crippen molar-refractivity contribution in [1.29, 1.82) is 0 Å². The van der Waals surface area contributed by atoms with Gasteiger partial charge in [0.25, 0.3) is 0 Å². The number of hydrogen-bond donors (Lipinski definition) is 0. The van der Waals surface area contributed by atoms with Crippen molar-refractivity contribution < 1.29 is 9.59 Å². The van der Waals surface area contributed by atoms with Gasteiger partial charge in [0, 0.05) is 29.8 Å². The van der Waals surface area contributed by atoms with E-state index in [0.29, 0.717) is 18.2 Å². The lowest BCUT2D eigenvalue weighted by Crippen LogP contribution is -2.50. The molecule has 1 saturated carbocycles. The van der Waals surface area contributed by atoms with Gasteiger partial charge in [-0.05, 0) is 19.8 Å². The molecular formula is C15H21N3O2S2. The standard InChI is InChI=1S/C15H21N3O2S2/c1-10-16-6-12(22-10)7-17(2)15(20)13-8-21-9-18(13)14(19)11-4-3-5-11/h6,11,13H,3-5,7-9H2,1-2H3/t13-/m0/s1. The van der Waals surface area contributed by atoms with Crippen LogP contribution in [0, 0.1) is 12.8 Å². The van der Waals surface area contributed by atoms with Gasteiger partial charge < -0.3 is 9.80 Å². The van der Waals surface area contributed by atoms with Crippen molar-refractivity contribution in [3.05, 3.63) is 16.1 Å². The van der Waals surface area contributed by atoms with Crippen molar-refractivity contribution in [2.75, 3.05) is 18.7 Å². The monoisotopic (exact) mass is 339 g/mol. The molecule has 2 fully saturated rings. The first-order valence-electron chi connectivity index (χ1n) is 7.61. The van der Waals surface area contributed by atoms with E-state index < -0.39 is 0 Å². The van der Waals surface area contributed by atoms with Crippen LogP contribution in [0.5, 0.6) is 0 Å². The van der Waals surface area contributed by atoms with Crippen LogP contribution in [0.15, 0.2) is 6.20 Å². The molecule has 1 atom stereocenters. The SMILES string of the molecule is Cc1ncc(CN(C)C(=O)[C@@H]2CSCN2C(=O)C2CCC2)s1. The third-order valence-electron chi connectivity index (χ3n) is 4.34. The molecule has 0 unspecified atom stereocenters. The number of rotatable bonds is 4. The second-order valence-corrected chi connectivity index (χ2v) is 8.31. The number of aryl methyl sites for hydroxylation is 1. The fourth-order valence-corrected chi connectivity index (χ4v) is 4.80. The molecule has 1 saturated heterocycles. The molecule has 1 aliphatic carbocycles. The summed E-state index contributed by atoms with van der Waals surface area (Å²) in [5, 5.41) is 1.01. The van der Waals surface area contributed by atoms with Gasteiger partial charge in [-0.25, -0.2) is 4.98 Å². The molecule has 7 heteroatoms.